The van der Waals surface area contributed by atoms with E-state index in [4.69, 9.17) is 0 Å². The van der Waals surface area contributed by atoms with Crippen molar-refractivity contribution in [2.24, 2.45) is 5.92 Å². The van der Waals surface area contributed by atoms with Crippen LogP contribution in [0.2, 0.25) is 0 Å². The lowest BCUT2D eigenvalue weighted by Gasteiger charge is -2.40. The van der Waals surface area contributed by atoms with E-state index in [1.54, 1.807) is 12.3 Å². The number of aromatic nitrogens is 1. The van der Waals surface area contributed by atoms with Crippen molar-refractivity contribution in [1.82, 2.24) is 9.88 Å². The molecule has 3 aromatic rings. The summed E-state index contributed by atoms with van der Waals surface area (Å²) in [5, 5.41) is 0. The summed E-state index contributed by atoms with van der Waals surface area (Å²) in [4.78, 5) is 7.24. The standard InChI is InChI=1S/C27H28N2O2S/c1-2-23(21-9-7-15-28-18-21)20-13-16-29(17-14-20)27-24-10-4-3-8-22(24)19-32(30,31)26-12-6-5-11-25(26)27/h2-12,15,18,20,23,27H,1,13-14,16-17,19H2. The molecule has 0 radical (unpaired) electrons. The van der Waals surface area contributed by atoms with Crippen LogP contribution in [0.25, 0.3) is 0 Å². The second-order valence-electron chi connectivity index (χ2n) is 8.82. The number of likely N-dealkylation sites (tertiary alicyclic amines) is 1. The summed E-state index contributed by atoms with van der Waals surface area (Å²) in [5.74, 6) is 0.861. The van der Waals surface area contributed by atoms with Crippen LogP contribution in [0.3, 0.4) is 0 Å². The molecule has 5 heteroatoms. The fourth-order valence-electron chi connectivity index (χ4n) is 5.48. The van der Waals surface area contributed by atoms with Crippen molar-refractivity contribution in [1.29, 1.82) is 0 Å². The lowest BCUT2D eigenvalue weighted by molar-refractivity contribution is 0.143. The minimum atomic E-state index is -3.37. The smallest absolute Gasteiger partial charge is 0.182 e. The van der Waals surface area contributed by atoms with Crippen LogP contribution in [0.15, 0.2) is 90.6 Å². The molecular formula is C27H28N2O2S. The number of piperidine rings is 1. The Hall–Kier alpha value is -2.76. The van der Waals surface area contributed by atoms with E-state index in [0.29, 0.717) is 16.7 Å². The molecular weight excluding hydrogens is 416 g/mol. The number of hydrogen-bond donors (Lipinski definition) is 0. The molecule has 2 aliphatic heterocycles. The number of sulfone groups is 1. The van der Waals surface area contributed by atoms with Crippen LogP contribution >= 0.6 is 0 Å². The summed E-state index contributed by atoms with van der Waals surface area (Å²) in [6.45, 7) is 5.94. The average Bonchev–Trinajstić information content (AvgIpc) is 2.92. The summed E-state index contributed by atoms with van der Waals surface area (Å²) >= 11 is 0. The van der Waals surface area contributed by atoms with Crippen LogP contribution in [-0.2, 0) is 15.6 Å². The number of nitrogens with zero attached hydrogens (tertiary/aromatic N) is 2. The molecule has 0 bridgehead atoms. The number of allylic oxidation sites excluding steroid dienone is 1. The van der Waals surface area contributed by atoms with Crippen molar-refractivity contribution in [3.63, 3.8) is 0 Å². The first kappa shape index (κ1) is 21.1. The molecule has 1 aromatic heterocycles. The zero-order valence-corrected chi connectivity index (χ0v) is 18.9. The molecule has 2 atom stereocenters. The molecule has 0 saturated carbocycles. The van der Waals surface area contributed by atoms with Crippen LogP contribution in [0.4, 0.5) is 0 Å². The molecule has 0 amide bonds. The van der Waals surface area contributed by atoms with Crippen LogP contribution in [0, 0.1) is 5.92 Å². The minimum absolute atomic E-state index is 0.0406. The number of hydrogen-bond acceptors (Lipinski definition) is 4. The maximum absolute atomic E-state index is 13.2. The third-order valence-electron chi connectivity index (χ3n) is 7.01. The van der Waals surface area contributed by atoms with Gasteiger partial charge in [0.25, 0.3) is 0 Å². The predicted molar refractivity (Wildman–Crippen MR) is 127 cm³/mol. The van der Waals surface area contributed by atoms with Gasteiger partial charge >= 0.3 is 0 Å². The first-order valence-electron chi connectivity index (χ1n) is 11.2. The minimum Gasteiger partial charge on any atom is -0.292 e. The van der Waals surface area contributed by atoms with Crippen molar-refractivity contribution in [3.8, 4) is 0 Å². The van der Waals surface area contributed by atoms with Gasteiger partial charge in [-0.25, -0.2) is 8.42 Å². The van der Waals surface area contributed by atoms with Crippen molar-refractivity contribution in [2.75, 3.05) is 13.1 Å². The fourth-order valence-corrected chi connectivity index (χ4v) is 7.13. The largest absolute Gasteiger partial charge is 0.292 e. The van der Waals surface area contributed by atoms with E-state index in [-0.39, 0.29) is 11.8 Å². The maximum atomic E-state index is 13.2. The fraction of sp³-hybridized carbons (Fsp3) is 0.296. The lowest BCUT2D eigenvalue weighted by Crippen LogP contribution is -2.38. The van der Waals surface area contributed by atoms with E-state index in [1.807, 2.05) is 48.7 Å². The van der Waals surface area contributed by atoms with Gasteiger partial charge in [0.05, 0.1) is 16.7 Å². The van der Waals surface area contributed by atoms with E-state index in [9.17, 15) is 8.42 Å². The highest BCUT2D eigenvalue weighted by molar-refractivity contribution is 7.90. The highest BCUT2D eigenvalue weighted by atomic mass is 32.2. The van der Waals surface area contributed by atoms with Crippen molar-refractivity contribution < 1.29 is 8.42 Å². The van der Waals surface area contributed by atoms with Crippen LogP contribution < -0.4 is 0 Å². The Morgan fingerprint density at radius 1 is 0.969 bits per heavy atom. The number of benzene rings is 2. The molecule has 164 valence electrons. The van der Waals surface area contributed by atoms with E-state index < -0.39 is 9.84 Å². The molecule has 5 rings (SSSR count). The Balaban J connectivity index is 1.48. The van der Waals surface area contributed by atoms with Crippen molar-refractivity contribution in [2.45, 2.75) is 35.4 Å². The third-order valence-corrected chi connectivity index (χ3v) is 8.75. The van der Waals surface area contributed by atoms with Gasteiger partial charge in [-0.1, -0.05) is 54.6 Å². The Labute approximate surface area is 190 Å². The summed E-state index contributed by atoms with van der Waals surface area (Å²) in [5.41, 5.74) is 4.16. The Kier molecular flexibility index (Phi) is 5.70. The van der Waals surface area contributed by atoms with Gasteiger partial charge in [-0.2, -0.15) is 0 Å². The van der Waals surface area contributed by atoms with Crippen LogP contribution in [-0.4, -0.2) is 31.4 Å². The third kappa shape index (κ3) is 3.80. The number of fused-ring (bicyclic) bond motifs is 2. The Bertz CT molecular complexity index is 1220. The van der Waals surface area contributed by atoms with Gasteiger partial charge in [0.2, 0.25) is 0 Å². The molecule has 1 fully saturated rings. The van der Waals surface area contributed by atoms with Gasteiger partial charge < -0.3 is 0 Å². The van der Waals surface area contributed by atoms with Gasteiger partial charge in [-0.3, -0.25) is 9.88 Å². The summed E-state index contributed by atoms with van der Waals surface area (Å²) in [6, 6.07) is 19.7. The average molecular weight is 445 g/mol. The van der Waals surface area contributed by atoms with Gasteiger partial charge in [0.1, 0.15) is 0 Å². The second-order valence-corrected chi connectivity index (χ2v) is 10.8. The predicted octanol–water partition coefficient (Wildman–Crippen LogP) is 5.14. The zero-order valence-electron chi connectivity index (χ0n) is 18.1. The highest BCUT2D eigenvalue weighted by Crippen LogP contribution is 2.42. The monoisotopic (exact) mass is 444 g/mol. The molecule has 32 heavy (non-hydrogen) atoms. The molecule has 1 saturated heterocycles. The highest BCUT2D eigenvalue weighted by Gasteiger charge is 2.36. The Morgan fingerprint density at radius 2 is 1.69 bits per heavy atom. The van der Waals surface area contributed by atoms with Crippen LogP contribution in [0.1, 0.15) is 47.1 Å². The van der Waals surface area contributed by atoms with E-state index >= 15 is 0 Å². The topological polar surface area (TPSA) is 50.3 Å². The first-order valence-corrected chi connectivity index (χ1v) is 12.9. The zero-order chi connectivity index (χ0) is 22.1. The maximum Gasteiger partial charge on any atom is 0.182 e. The second kappa shape index (κ2) is 8.64. The molecule has 3 heterocycles. The quantitative estimate of drug-likeness (QED) is 0.523. The van der Waals surface area contributed by atoms with Gasteiger partial charge in [-0.05, 0) is 66.2 Å². The molecule has 4 nitrogen and oxygen atoms in total. The first-order chi connectivity index (χ1) is 15.6. The van der Waals surface area contributed by atoms with E-state index in [0.717, 1.165) is 42.6 Å². The molecule has 0 spiro atoms. The van der Waals surface area contributed by atoms with Crippen molar-refractivity contribution in [3.05, 3.63) is 108 Å². The van der Waals surface area contributed by atoms with Gasteiger partial charge in [0, 0.05) is 18.3 Å². The SMILES string of the molecule is C=CC(c1cccnc1)C1CCN(C2c3ccccc3CS(=O)(=O)c3ccccc32)CC1. The summed E-state index contributed by atoms with van der Waals surface area (Å²) < 4.78 is 26.4. The Morgan fingerprint density at radius 3 is 2.41 bits per heavy atom. The van der Waals surface area contributed by atoms with Crippen LogP contribution in [0.5, 0.6) is 0 Å². The molecule has 0 aliphatic carbocycles. The molecule has 2 unspecified atom stereocenters. The van der Waals surface area contributed by atoms with E-state index in [2.05, 4.69) is 34.7 Å². The van der Waals surface area contributed by atoms with Gasteiger partial charge in [0.15, 0.2) is 9.84 Å². The summed E-state index contributed by atoms with van der Waals surface area (Å²) in [6.07, 6.45) is 7.89. The molecule has 2 aromatic carbocycles. The normalized spacial score (nSPS) is 21.7. The number of pyridine rings is 1. The lowest BCUT2D eigenvalue weighted by atomic mass is 9.79. The van der Waals surface area contributed by atoms with E-state index in [1.165, 1.54) is 5.56 Å². The molecule has 2 aliphatic rings. The number of rotatable bonds is 4. The van der Waals surface area contributed by atoms with Gasteiger partial charge in [-0.15, -0.1) is 6.58 Å². The summed E-state index contributed by atoms with van der Waals surface area (Å²) in [7, 11) is -3.37. The van der Waals surface area contributed by atoms with Crippen molar-refractivity contribution >= 4 is 9.84 Å². The molecule has 0 N–H and O–H groups in total.